The topological polar surface area (TPSA) is 110 Å². The minimum absolute atomic E-state index is 0.260. The Morgan fingerprint density at radius 1 is 0.619 bits per heavy atom. The molecule has 42 heavy (non-hydrogen) atoms. The van der Waals surface area contributed by atoms with Crippen LogP contribution in [-0.2, 0) is 9.59 Å². The molecule has 0 heterocycles. The van der Waals surface area contributed by atoms with E-state index in [-0.39, 0.29) is 5.91 Å². The summed E-state index contributed by atoms with van der Waals surface area (Å²) in [5, 5.41) is 33.8. The van der Waals surface area contributed by atoms with E-state index >= 15 is 0 Å². The summed E-state index contributed by atoms with van der Waals surface area (Å²) in [5.74, 6) is -1.27. The second kappa shape index (κ2) is 26.2. The average molecular weight is 599 g/mol. The number of amides is 1. The van der Waals surface area contributed by atoms with Crippen LogP contribution in [0, 0.1) is 5.41 Å². The standard InChI is InChI=1S/C35H70N2O5/c1-6-8-10-12-14-16-18-20-24-30(38)28-37(29-31(39)25-21-19-17-15-13-11-9-7-2)27-23-22-26-32(33(40)41)36-34(42)35(3,4)5/h30-32,38-39H,6-29H2,1-5H3,(H,36,42)(H,40,41)/t30-,31-,32+/m1/s1. The number of unbranched alkanes of at least 4 members (excludes halogenated alkanes) is 15. The predicted molar refractivity (Wildman–Crippen MR) is 176 cm³/mol. The molecule has 0 radical (unpaired) electrons. The fourth-order valence-electron chi connectivity index (χ4n) is 5.38. The first kappa shape index (κ1) is 40.8. The third-order valence-electron chi connectivity index (χ3n) is 8.22. The Balaban J connectivity index is 4.66. The maximum atomic E-state index is 12.3. The molecule has 0 saturated heterocycles. The number of rotatable bonds is 29. The Kier molecular flexibility index (Phi) is 25.5. The largest absolute Gasteiger partial charge is 0.480 e. The first-order chi connectivity index (χ1) is 20.0. The van der Waals surface area contributed by atoms with E-state index in [1.54, 1.807) is 20.8 Å². The van der Waals surface area contributed by atoms with E-state index in [9.17, 15) is 24.9 Å². The lowest BCUT2D eigenvalue weighted by molar-refractivity contribution is -0.143. The summed E-state index contributed by atoms with van der Waals surface area (Å²) in [6.07, 6.45) is 22.3. The molecule has 0 saturated carbocycles. The molecule has 7 heteroatoms. The quantitative estimate of drug-likeness (QED) is 0.0653. The van der Waals surface area contributed by atoms with Gasteiger partial charge < -0.3 is 20.6 Å². The molecule has 3 atom stereocenters. The minimum Gasteiger partial charge on any atom is -0.480 e. The smallest absolute Gasteiger partial charge is 0.326 e. The van der Waals surface area contributed by atoms with Gasteiger partial charge in [-0.25, -0.2) is 4.79 Å². The maximum Gasteiger partial charge on any atom is 0.326 e. The fourth-order valence-corrected chi connectivity index (χ4v) is 5.38. The highest BCUT2D eigenvalue weighted by Gasteiger charge is 2.27. The molecule has 0 spiro atoms. The molecule has 0 unspecified atom stereocenters. The number of hydrogen-bond acceptors (Lipinski definition) is 5. The second-order valence-corrected chi connectivity index (χ2v) is 13.7. The van der Waals surface area contributed by atoms with Gasteiger partial charge in [-0.2, -0.15) is 0 Å². The highest BCUT2D eigenvalue weighted by molar-refractivity contribution is 5.86. The number of carboxylic acid groups (broad SMARTS) is 1. The Morgan fingerprint density at radius 2 is 1.00 bits per heavy atom. The van der Waals surface area contributed by atoms with Gasteiger partial charge in [0.15, 0.2) is 0 Å². The van der Waals surface area contributed by atoms with Gasteiger partial charge >= 0.3 is 5.97 Å². The third-order valence-corrected chi connectivity index (χ3v) is 8.22. The fraction of sp³-hybridized carbons (Fsp3) is 0.943. The van der Waals surface area contributed by atoms with E-state index < -0.39 is 29.6 Å². The maximum absolute atomic E-state index is 12.3. The molecule has 0 aliphatic heterocycles. The number of aliphatic carboxylic acids is 1. The highest BCUT2D eigenvalue weighted by atomic mass is 16.4. The van der Waals surface area contributed by atoms with Gasteiger partial charge in [-0.15, -0.1) is 0 Å². The molecule has 0 aromatic rings. The van der Waals surface area contributed by atoms with Gasteiger partial charge in [0.05, 0.1) is 12.2 Å². The predicted octanol–water partition coefficient (Wildman–Crippen LogP) is 7.86. The molecule has 0 aliphatic rings. The van der Waals surface area contributed by atoms with Crippen molar-refractivity contribution < 1.29 is 24.9 Å². The molecule has 0 aromatic heterocycles. The Morgan fingerprint density at radius 3 is 1.38 bits per heavy atom. The monoisotopic (exact) mass is 599 g/mol. The van der Waals surface area contributed by atoms with E-state index in [0.29, 0.717) is 32.5 Å². The first-order valence-electron chi connectivity index (χ1n) is 17.6. The van der Waals surface area contributed by atoms with Crippen molar-refractivity contribution in [3.05, 3.63) is 0 Å². The van der Waals surface area contributed by atoms with Crippen molar-refractivity contribution >= 4 is 11.9 Å². The van der Waals surface area contributed by atoms with Crippen LogP contribution < -0.4 is 5.32 Å². The number of carboxylic acids is 1. The molecular weight excluding hydrogens is 528 g/mol. The van der Waals surface area contributed by atoms with Crippen LogP contribution in [-0.4, -0.2) is 70.0 Å². The van der Waals surface area contributed by atoms with E-state index in [0.717, 1.165) is 44.9 Å². The van der Waals surface area contributed by atoms with Crippen LogP contribution in [0.5, 0.6) is 0 Å². The molecule has 0 bridgehead atoms. The summed E-state index contributed by atoms with van der Waals surface area (Å²) in [6, 6.07) is -0.898. The van der Waals surface area contributed by atoms with Crippen LogP contribution in [0.3, 0.4) is 0 Å². The lowest BCUT2D eigenvalue weighted by Crippen LogP contribution is -2.45. The zero-order valence-corrected chi connectivity index (χ0v) is 28.3. The minimum atomic E-state index is -1.01. The number of nitrogens with zero attached hydrogens (tertiary/aromatic N) is 1. The zero-order chi connectivity index (χ0) is 31.6. The van der Waals surface area contributed by atoms with Gasteiger partial charge in [-0.3, -0.25) is 9.69 Å². The molecule has 0 aromatic carbocycles. The van der Waals surface area contributed by atoms with Gasteiger partial charge in [0.1, 0.15) is 6.04 Å². The molecule has 7 nitrogen and oxygen atoms in total. The number of carbonyl (C=O) groups excluding carboxylic acids is 1. The van der Waals surface area contributed by atoms with Crippen LogP contribution in [0.1, 0.15) is 169 Å². The van der Waals surface area contributed by atoms with Gasteiger partial charge in [0.25, 0.3) is 0 Å². The molecule has 0 rings (SSSR count). The summed E-state index contributed by atoms with van der Waals surface area (Å²) in [5.41, 5.74) is -0.638. The lowest BCUT2D eigenvalue weighted by atomic mass is 9.95. The van der Waals surface area contributed by atoms with Gasteiger partial charge in [0, 0.05) is 18.5 Å². The van der Waals surface area contributed by atoms with Crippen molar-refractivity contribution in [3.63, 3.8) is 0 Å². The average Bonchev–Trinajstić information content (AvgIpc) is 2.92. The highest BCUT2D eigenvalue weighted by Crippen LogP contribution is 2.16. The van der Waals surface area contributed by atoms with Crippen LogP contribution in [0.4, 0.5) is 0 Å². The summed E-state index contributed by atoms with van der Waals surface area (Å²) >= 11 is 0. The van der Waals surface area contributed by atoms with Crippen LogP contribution in [0.15, 0.2) is 0 Å². The summed E-state index contributed by atoms with van der Waals surface area (Å²) < 4.78 is 0. The molecular formula is C35H70N2O5. The number of aliphatic hydroxyl groups excluding tert-OH is 2. The van der Waals surface area contributed by atoms with Crippen molar-refractivity contribution in [3.8, 4) is 0 Å². The van der Waals surface area contributed by atoms with E-state index in [4.69, 9.17) is 0 Å². The van der Waals surface area contributed by atoms with Crippen molar-refractivity contribution in [2.75, 3.05) is 19.6 Å². The number of nitrogens with one attached hydrogen (secondary N) is 1. The second-order valence-electron chi connectivity index (χ2n) is 13.7. The van der Waals surface area contributed by atoms with Crippen LogP contribution >= 0.6 is 0 Å². The van der Waals surface area contributed by atoms with Crippen molar-refractivity contribution in [2.45, 2.75) is 188 Å². The Hall–Kier alpha value is -1.18. The van der Waals surface area contributed by atoms with Crippen molar-refractivity contribution in [2.24, 2.45) is 5.41 Å². The van der Waals surface area contributed by atoms with Crippen molar-refractivity contribution in [1.82, 2.24) is 10.2 Å². The molecule has 1 amide bonds. The number of hydrogen-bond donors (Lipinski definition) is 4. The van der Waals surface area contributed by atoms with E-state index in [1.807, 2.05) is 0 Å². The third kappa shape index (κ3) is 24.3. The summed E-state index contributed by atoms with van der Waals surface area (Å²) in [4.78, 5) is 26.2. The number of aliphatic hydroxyl groups is 2. The van der Waals surface area contributed by atoms with Crippen LogP contribution in [0.25, 0.3) is 0 Å². The van der Waals surface area contributed by atoms with Gasteiger partial charge in [0.2, 0.25) is 5.91 Å². The SMILES string of the molecule is CCCCCCCCCC[C@@H](O)CN(CCCC[C@H](NC(=O)C(C)(C)C)C(=O)O)C[C@H](O)CCCCCCCCCC. The lowest BCUT2D eigenvalue weighted by Gasteiger charge is -2.28. The van der Waals surface area contributed by atoms with E-state index in [2.05, 4.69) is 24.1 Å². The van der Waals surface area contributed by atoms with Crippen LogP contribution in [0.2, 0.25) is 0 Å². The van der Waals surface area contributed by atoms with Gasteiger partial charge in [-0.05, 0) is 38.6 Å². The van der Waals surface area contributed by atoms with E-state index in [1.165, 1.54) is 77.0 Å². The molecule has 0 aliphatic carbocycles. The first-order valence-corrected chi connectivity index (χ1v) is 17.6. The summed E-state index contributed by atoms with van der Waals surface area (Å²) in [7, 11) is 0. The van der Waals surface area contributed by atoms with Gasteiger partial charge in [-0.1, -0.05) is 137 Å². The summed E-state index contributed by atoms with van der Waals surface area (Å²) in [6.45, 7) is 11.6. The molecule has 250 valence electrons. The molecule has 0 fully saturated rings. The normalized spacial score (nSPS) is 14.2. The Labute approximate surface area is 259 Å². The number of carbonyl (C=O) groups is 2. The molecule has 4 N–H and O–H groups in total. The zero-order valence-electron chi connectivity index (χ0n) is 28.3. The van der Waals surface area contributed by atoms with Crippen molar-refractivity contribution in [1.29, 1.82) is 0 Å². The Bertz CT molecular complexity index is 624.